The van der Waals surface area contributed by atoms with Gasteiger partial charge in [0.2, 0.25) is 5.95 Å². The van der Waals surface area contributed by atoms with Crippen LogP contribution in [-0.4, -0.2) is 20.6 Å². The molecule has 1 aromatic heterocycles. The first-order valence-corrected chi connectivity index (χ1v) is 5.78. The van der Waals surface area contributed by atoms with E-state index >= 15 is 0 Å². The molecule has 16 heavy (non-hydrogen) atoms. The van der Waals surface area contributed by atoms with Crippen molar-refractivity contribution in [3.63, 3.8) is 0 Å². The molecule has 0 fully saturated rings. The summed E-state index contributed by atoms with van der Waals surface area (Å²) in [5, 5.41) is 11.1. The van der Waals surface area contributed by atoms with Crippen LogP contribution in [0.3, 0.4) is 0 Å². The van der Waals surface area contributed by atoms with Crippen molar-refractivity contribution in [2.45, 2.75) is 24.8 Å². The molecular weight excluding hydrogens is 230 g/mol. The third-order valence-electron chi connectivity index (χ3n) is 1.80. The fraction of sp³-hybridized carbons (Fsp3) is 0.500. The van der Waals surface area contributed by atoms with Crippen LogP contribution in [0.4, 0.5) is 11.6 Å². The van der Waals surface area contributed by atoms with Crippen molar-refractivity contribution in [1.29, 1.82) is 0 Å². The summed E-state index contributed by atoms with van der Waals surface area (Å²) in [6.45, 7) is 2.06. The number of hydrogen-bond donors (Lipinski definition) is 2. The van der Waals surface area contributed by atoms with E-state index in [1.54, 1.807) is 0 Å². The van der Waals surface area contributed by atoms with Crippen molar-refractivity contribution in [2.75, 3.05) is 11.2 Å². The van der Waals surface area contributed by atoms with Crippen molar-refractivity contribution in [2.24, 2.45) is 5.84 Å². The zero-order valence-corrected chi connectivity index (χ0v) is 9.66. The van der Waals surface area contributed by atoms with Gasteiger partial charge in [-0.1, -0.05) is 25.1 Å². The van der Waals surface area contributed by atoms with Gasteiger partial charge >= 0.3 is 5.69 Å². The predicted molar refractivity (Wildman–Crippen MR) is 62.1 cm³/mol. The van der Waals surface area contributed by atoms with Gasteiger partial charge in [-0.25, -0.2) is 10.8 Å². The van der Waals surface area contributed by atoms with E-state index < -0.39 is 4.92 Å². The van der Waals surface area contributed by atoms with E-state index in [4.69, 9.17) is 5.84 Å². The maximum absolute atomic E-state index is 10.7. The smallest absolute Gasteiger partial charge is 0.292 e. The predicted octanol–water partition coefficient (Wildman–Crippen LogP) is 1.56. The molecule has 0 aliphatic rings. The number of nitrogens with zero attached hydrogens (tertiary/aromatic N) is 3. The maximum Gasteiger partial charge on any atom is 0.319 e. The number of nitro groups is 1. The molecule has 0 atom stereocenters. The summed E-state index contributed by atoms with van der Waals surface area (Å²) >= 11 is 1.34. The van der Waals surface area contributed by atoms with Crippen molar-refractivity contribution < 1.29 is 4.92 Å². The Morgan fingerprint density at radius 3 is 3.00 bits per heavy atom. The lowest BCUT2D eigenvalue weighted by atomic mass is 10.4. The lowest BCUT2D eigenvalue weighted by molar-refractivity contribution is -0.388. The van der Waals surface area contributed by atoms with Gasteiger partial charge < -0.3 is 0 Å². The molecule has 7 nitrogen and oxygen atoms in total. The summed E-state index contributed by atoms with van der Waals surface area (Å²) in [4.78, 5) is 17.9. The van der Waals surface area contributed by atoms with E-state index in [0.717, 1.165) is 24.8 Å². The Morgan fingerprint density at radius 2 is 2.44 bits per heavy atom. The normalized spacial score (nSPS) is 10.1. The van der Waals surface area contributed by atoms with Crippen molar-refractivity contribution >= 4 is 23.4 Å². The number of hydrazine groups is 1. The Hall–Kier alpha value is -1.41. The Labute approximate surface area is 97.0 Å². The quantitative estimate of drug-likeness (QED) is 0.195. The third kappa shape index (κ3) is 3.31. The molecule has 88 valence electrons. The zero-order chi connectivity index (χ0) is 12.0. The van der Waals surface area contributed by atoms with Crippen LogP contribution in [-0.2, 0) is 0 Å². The number of unbranched alkanes of at least 4 members (excludes halogenated alkanes) is 1. The second kappa shape index (κ2) is 6.23. The second-order valence-electron chi connectivity index (χ2n) is 2.99. The fourth-order valence-electron chi connectivity index (χ4n) is 0.974. The molecule has 0 spiro atoms. The summed E-state index contributed by atoms with van der Waals surface area (Å²) in [6, 6.07) is 0. The monoisotopic (exact) mass is 243 g/mol. The van der Waals surface area contributed by atoms with Gasteiger partial charge in [-0.05, 0) is 12.2 Å². The molecule has 0 aliphatic heterocycles. The van der Waals surface area contributed by atoms with Crippen molar-refractivity contribution in [3.8, 4) is 0 Å². The first-order valence-electron chi connectivity index (χ1n) is 4.80. The van der Waals surface area contributed by atoms with Gasteiger partial charge in [-0.2, -0.15) is 4.98 Å². The van der Waals surface area contributed by atoms with Gasteiger partial charge in [-0.3, -0.25) is 15.5 Å². The van der Waals surface area contributed by atoms with Gasteiger partial charge in [0.05, 0.1) is 4.92 Å². The van der Waals surface area contributed by atoms with Crippen LogP contribution in [0.25, 0.3) is 0 Å². The largest absolute Gasteiger partial charge is 0.319 e. The van der Waals surface area contributed by atoms with E-state index in [1.165, 1.54) is 11.8 Å². The molecule has 1 heterocycles. The summed E-state index contributed by atoms with van der Waals surface area (Å²) in [6.07, 6.45) is 3.18. The minimum Gasteiger partial charge on any atom is -0.292 e. The molecular formula is C8H13N5O2S. The molecule has 0 unspecified atom stereocenters. The third-order valence-corrected chi connectivity index (χ3v) is 2.86. The molecule has 0 radical (unpaired) electrons. The van der Waals surface area contributed by atoms with Gasteiger partial charge in [-0.15, -0.1) is 0 Å². The molecule has 0 aromatic carbocycles. The fourth-order valence-corrected chi connectivity index (χ4v) is 2.03. The Morgan fingerprint density at radius 1 is 1.69 bits per heavy atom. The summed E-state index contributed by atoms with van der Waals surface area (Å²) in [5.74, 6) is 6.12. The number of nitrogens with one attached hydrogen (secondary N) is 1. The Bertz CT molecular complexity index is 373. The summed E-state index contributed by atoms with van der Waals surface area (Å²) in [7, 11) is 0. The van der Waals surface area contributed by atoms with E-state index in [-0.39, 0.29) is 11.6 Å². The SMILES string of the molecule is CCCCSc1nc(NN)ncc1[N+](=O)[O-]. The molecule has 0 saturated heterocycles. The average molecular weight is 243 g/mol. The Kier molecular flexibility index (Phi) is 4.93. The van der Waals surface area contributed by atoms with Crippen LogP contribution >= 0.6 is 11.8 Å². The average Bonchev–Trinajstić information content (AvgIpc) is 2.29. The number of nitrogens with two attached hydrogens (primary N) is 1. The zero-order valence-electron chi connectivity index (χ0n) is 8.84. The molecule has 0 amide bonds. The minimum atomic E-state index is -0.491. The topological polar surface area (TPSA) is 107 Å². The van der Waals surface area contributed by atoms with E-state index in [9.17, 15) is 10.1 Å². The minimum absolute atomic E-state index is 0.0832. The van der Waals surface area contributed by atoms with Crippen LogP contribution in [0.5, 0.6) is 0 Å². The summed E-state index contributed by atoms with van der Waals surface area (Å²) in [5.41, 5.74) is 2.18. The van der Waals surface area contributed by atoms with E-state index in [2.05, 4.69) is 22.3 Å². The first-order chi connectivity index (χ1) is 7.69. The highest BCUT2D eigenvalue weighted by Gasteiger charge is 2.17. The van der Waals surface area contributed by atoms with Gasteiger partial charge in [0.25, 0.3) is 0 Å². The number of rotatable bonds is 6. The highest BCUT2D eigenvalue weighted by atomic mass is 32.2. The second-order valence-corrected chi connectivity index (χ2v) is 4.07. The molecule has 0 aliphatic carbocycles. The number of hydrogen-bond acceptors (Lipinski definition) is 7. The molecule has 1 rings (SSSR count). The molecule has 0 saturated carbocycles. The highest BCUT2D eigenvalue weighted by molar-refractivity contribution is 7.99. The number of anilines is 1. The first kappa shape index (κ1) is 12.7. The molecule has 8 heteroatoms. The number of thioether (sulfide) groups is 1. The molecule has 3 N–H and O–H groups in total. The summed E-state index contributed by atoms with van der Waals surface area (Å²) < 4.78 is 0. The van der Waals surface area contributed by atoms with Crippen molar-refractivity contribution in [3.05, 3.63) is 16.3 Å². The van der Waals surface area contributed by atoms with Crippen LogP contribution in [0.1, 0.15) is 19.8 Å². The molecule has 0 bridgehead atoms. The van der Waals surface area contributed by atoms with E-state index in [1.807, 2.05) is 0 Å². The van der Waals surface area contributed by atoms with E-state index in [0.29, 0.717) is 5.03 Å². The van der Waals surface area contributed by atoms with Gasteiger partial charge in [0.15, 0.2) is 5.03 Å². The van der Waals surface area contributed by atoms with Crippen LogP contribution in [0.15, 0.2) is 11.2 Å². The lowest BCUT2D eigenvalue weighted by Crippen LogP contribution is -2.11. The molecule has 1 aromatic rings. The number of aromatic nitrogens is 2. The standard InChI is InChI=1S/C8H13N5O2S/c1-2-3-4-16-7-6(13(14)15)5-10-8(11-7)12-9/h5H,2-4,9H2,1H3,(H,10,11,12). The van der Waals surface area contributed by atoms with Crippen LogP contribution < -0.4 is 11.3 Å². The maximum atomic E-state index is 10.7. The van der Waals surface area contributed by atoms with Gasteiger partial charge in [0.1, 0.15) is 6.20 Å². The van der Waals surface area contributed by atoms with Gasteiger partial charge in [0, 0.05) is 0 Å². The van der Waals surface area contributed by atoms with Crippen molar-refractivity contribution in [1.82, 2.24) is 9.97 Å². The lowest BCUT2D eigenvalue weighted by Gasteiger charge is -2.03. The van der Waals surface area contributed by atoms with Crippen LogP contribution in [0, 0.1) is 10.1 Å². The Balaban J connectivity index is 2.87. The highest BCUT2D eigenvalue weighted by Crippen LogP contribution is 2.27. The number of nitrogen functional groups attached to an aromatic ring is 1. The van der Waals surface area contributed by atoms with Crippen LogP contribution in [0.2, 0.25) is 0 Å².